The fourth-order valence-corrected chi connectivity index (χ4v) is 3.03. The zero-order valence-electron chi connectivity index (χ0n) is 10.9. The van der Waals surface area contributed by atoms with Crippen molar-refractivity contribution in [3.05, 3.63) is 0 Å². The van der Waals surface area contributed by atoms with Crippen LogP contribution in [0, 0.1) is 5.92 Å². The highest BCUT2D eigenvalue weighted by Gasteiger charge is 2.33. The largest absolute Gasteiger partial charge is 0.481 e. The van der Waals surface area contributed by atoms with Gasteiger partial charge in [0.25, 0.3) is 0 Å². The van der Waals surface area contributed by atoms with Gasteiger partial charge in [-0.15, -0.1) is 0 Å². The van der Waals surface area contributed by atoms with Crippen molar-refractivity contribution in [3.8, 4) is 0 Å². The fourth-order valence-electron chi connectivity index (χ4n) is 3.03. The van der Waals surface area contributed by atoms with Crippen LogP contribution < -0.4 is 5.32 Å². The second-order valence-electron chi connectivity index (χ2n) is 5.49. The average Bonchev–Trinajstić information content (AvgIpc) is 2.81. The summed E-state index contributed by atoms with van der Waals surface area (Å²) in [6.07, 6.45) is 3.95. The number of carboxylic acid groups (broad SMARTS) is 1. The molecule has 3 unspecified atom stereocenters. The van der Waals surface area contributed by atoms with E-state index in [0.29, 0.717) is 31.8 Å². The number of nitrogens with one attached hydrogen (secondary N) is 1. The van der Waals surface area contributed by atoms with Gasteiger partial charge in [0.05, 0.1) is 5.92 Å². The Kier molecular flexibility index (Phi) is 4.22. The molecule has 2 rings (SSSR count). The molecule has 1 amide bonds. The van der Waals surface area contributed by atoms with E-state index in [1.165, 1.54) is 0 Å². The quantitative estimate of drug-likeness (QED) is 0.783. The first kappa shape index (κ1) is 13.3. The van der Waals surface area contributed by atoms with E-state index in [9.17, 15) is 9.59 Å². The van der Waals surface area contributed by atoms with E-state index >= 15 is 0 Å². The molecule has 0 aliphatic carbocycles. The minimum Gasteiger partial charge on any atom is -0.481 e. The standard InChI is InChI=1S/C13H22N2O3/c1-9-7-10(13(17)18)4-6-15(9)12(16)8-11-3-2-5-14-11/h9-11,14H,2-8H2,1H3,(H,17,18). The predicted octanol–water partition coefficient (Wildman–Crippen LogP) is 0.840. The number of carbonyl (C=O) groups excluding carboxylic acids is 1. The van der Waals surface area contributed by atoms with Gasteiger partial charge in [0.15, 0.2) is 0 Å². The van der Waals surface area contributed by atoms with Crippen LogP contribution in [0.2, 0.25) is 0 Å². The molecule has 2 N–H and O–H groups in total. The molecule has 2 fully saturated rings. The molecule has 0 bridgehead atoms. The van der Waals surface area contributed by atoms with E-state index in [2.05, 4.69) is 5.32 Å². The molecule has 0 aromatic carbocycles. The number of rotatable bonds is 3. The van der Waals surface area contributed by atoms with Crippen molar-refractivity contribution in [2.45, 2.75) is 51.1 Å². The lowest BCUT2D eigenvalue weighted by atomic mass is 9.91. The van der Waals surface area contributed by atoms with Gasteiger partial charge < -0.3 is 15.3 Å². The van der Waals surface area contributed by atoms with Gasteiger partial charge in [-0.2, -0.15) is 0 Å². The Balaban J connectivity index is 1.85. The Morgan fingerprint density at radius 3 is 2.72 bits per heavy atom. The van der Waals surface area contributed by atoms with Gasteiger partial charge in [0, 0.05) is 25.0 Å². The summed E-state index contributed by atoms with van der Waals surface area (Å²) in [5.41, 5.74) is 0. The Morgan fingerprint density at radius 1 is 1.39 bits per heavy atom. The van der Waals surface area contributed by atoms with Gasteiger partial charge in [-0.25, -0.2) is 0 Å². The normalized spacial score (nSPS) is 32.5. The van der Waals surface area contributed by atoms with Gasteiger partial charge >= 0.3 is 5.97 Å². The second-order valence-corrected chi connectivity index (χ2v) is 5.49. The number of amides is 1. The highest BCUT2D eigenvalue weighted by molar-refractivity contribution is 5.78. The number of hydrogen-bond donors (Lipinski definition) is 2. The van der Waals surface area contributed by atoms with E-state index in [-0.39, 0.29) is 17.9 Å². The van der Waals surface area contributed by atoms with E-state index in [1.54, 1.807) is 0 Å². The van der Waals surface area contributed by atoms with E-state index in [1.807, 2.05) is 11.8 Å². The average molecular weight is 254 g/mol. The molecule has 18 heavy (non-hydrogen) atoms. The summed E-state index contributed by atoms with van der Waals surface area (Å²) in [5, 5.41) is 12.3. The van der Waals surface area contributed by atoms with Gasteiger partial charge in [0.2, 0.25) is 5.91 Å². The minimum atomic E-state index is -0.730. The van der Waals surface area contributed by atoms with Crippen LogP contribution in [-0.2, 0) is 9.59 Å². The molecular formula is C13H22N2O3. The Labute approximate surface area is 108 Å². The minimum absolute atomic E-state index is 0.0498. The van der Waals surface area contributed by atoms with E-state index < -0.39 is 5.97 Å². The van der Waals surface area contributed by atoms with Crippen molar-refractivity contribution >= 4 is 11.9 Å². The summed E-state index contributed by atoms with van der Waals surface area (Å²) >= 11 is 0. The van der Waals surface area contributed by atoms with Crippen LogP contribution in [-0.4, -0.2) is 47.1 Å². The van der Waals surface area contributed by atoms with Crippen LogP contribution in [0.1, 0.15) is 39.0 Å². The summed E-state index contributed by atoms with van der Waals surface area (Å²) in [6.45, 7) is 3.55. The van der Waals surface area contributed by atoms with Crippen LogP contribution in [0.25, 0.3) is 0 Å². The second kappa shape index (κ2) is 5.69. The predicted molar refractivity (Wildman–Crippen MR) is 67.2 cm³/mol. The van der Waals surface area contributed by atoms with Crippen LogP contribution in [0.4, 0.5) is 0 Å². The molecular weight excluding hydrogens is 232 g/mol. The van der Waals surface area contributed by atoms with Crippen molar-refractivity contribution < 1.29 is 14.7 Å². The van der Waals surface area contributed by atoms with Crippen molar-refractivity contribution in [2.75, 3.05) is 13.1 Å². The molecule has 2 aliphatic rings. The van der Waals surface area contributed by atoms with Crippen LogP contribution in [0.5, 0.6) is 0 Å². The maximum atomic E-state index is 12.2. The van der Waals surface area contributed by atoms with Crippen molar-refractivity contribution in [2.24, 2.45) is 5.92 Å². The zero-order valence-corrected chi connectivity index (χ0v) is 10.9. The Bertz CT molecular complexity index is 326. The lowest BCUT2D eigenvalue weighted by molar-refractivity contribution is -0.147. The molecule has 3 atom stereocenters. The number of aliphatic carboxylic acids is 1. The molecule has 0 aromatic rings. The van der Waals surface area contributed by atoms with Crippen LogP contribution in [0.3, 0.4) is 0 Å². The highest BCUT2D eigenvalue weighted by atomic mass is 16.4. The molecule has 2 saturated heterocycles. The number of piperidine rings is 1. The number of nitrogens with zero attached hydrogens (tertiary/aromatic N) is 1. The molecule has 0 spiro atoms. The fraction of sp³-hybridized carbons (Fsp3) is 0.846. The molecule has 102 valence electrons. The highest BCUT2D eigenvalue weighted by Crippen LogP contribution is 2.24. The lowest BCUT2D eigenvalue weighted by Gasteiger charge is -2.36. The number of carboxylic acids is 1. The van der Waals surface area contributed by atoms with E-state index in [0.717, 1.165) is 19.4 Å². The van der Waals surface area contributed by atoms with Gasteiger partial charge in [-0.05, 0) is 39.2 Å². The molecule has 5 nitrogen and oxygen atoms in total. The summed E-state index contributed by atoms with van der Waals surface area (Å²) in [5.74, 6) is -0.842. The molecule has 0 saturated carbocycles. The van der Waals surface area contributed by atoms with Gasteiger partial charge in [-0.1, -0.05) is 0 Å². The molecule has 0 aromatic heterocycles. The van der Waals surface area contributed by atoms with Gasteiger partial charge in [0.1, 0.15) is 0 Å². The van der Waals surface area contributed by atoms with Crippen molar-refractivity contribution in [1.29, 1.82) is 0 Å². The maximum absolute atomic E-state index is 12.2. The smallest absolute Gasteiger partial charge is 0.306 e. The SMILES string of the molecule is CC1CC(C(=O)O)CCN1C(=O)CC1CCCN1. The van der Waals surface area contributed by atoms with Crippen molar-refractivity contribution in [1.82, 2.24) is 10.2 Å². The summed E-state index contributed by atoms with van der Waals surface area (Å²) < 4.78 is 0. The summed E-state index contributed by atoms with van der Waals surface area (Å²) in [4.78, 5) is 25.0. The number of hydrogen-bond acceptors (Lipinski definition) is 3. The third kappa shape index (κ3) is 3.02. The third-order valence-corrected chi connectivity index (χ3v) is 4.13. The van der Waals surface area contributed by atoms with Crippen molar-refractivity contribution in [3.63, 3.8) is 0 Å². The first-order chi connectivity index (χ1) is 8.58. The summed E-state index contributed by atoms with van der Waals surface area (Å²) in [7, 11) is 0. The third-order valence-electron chi connectivity index (χ3n) is 4.13. The molecule has 2 aliphatic heterocycles. The topological polar surface area (TPSA) is 69.6 Å². The molecule has 2 heterocycles. The first-order valence-electron chi connectivity index (χ1n) is 6.83. The van der Waals surface area contributed by atoms with Crippen LogP contribution >= 0.6 is 0 Å². The lowest BCUT2D eigenvalue weighted by Crippen LogP contribution is -2.47. The zero-order chi connectivity index (χ0) is 13.1. The van der Waals surface area contributed by atoms with Gasteiger partial charge in [-0.3, -0.25) is 9.59 Å². The first-order valence-corrected chi connectivity index (χ1v) is 6.83. The Morgan fingerprint density at radius 2 is 2.17 bits per heavy atom. The summed E-state index contributed by atoms with van der Waals surface area (Å²) in [6, 6.07) is 0.371. The monoisotopic (exact) mass is 254 g/mol. The number of carbonyl (C=O) groups is 2. The molecule has 0 radical (unpaired) electrons. The van der Waals surface area contributed by atoms with Crippen LogP contribution in [0.15, 0.2) is 0 Å². The van der Waals surface area contributed by atoms with E-state index in [4.69, 9.17) is 5.11 Å². The Hall–Kier alpha value is -1.10. The maximum Gasteiger partial charge on any atom is 0.306 e. The molecule has 5 heteroatoms. The number of likely N-dealkylation sites (tertiary alicyclic amines) is 1.